The molecule has 0 spiro atoms. The molecule has 0 radical (unpaired) electrons. The predicted molar refractivity (Wildman–Crippen MR) is 38.3 cm³/mol. The highest BCUT2D eigenvalue weighted by Gasteiger charge is 1.98. The second kappa shape index (κ2) is 1.91. The first-order valence-electron chi connectivity index (χ1n) is 3.17. The molecule has 0 unspecified atom stereocenters. The van der Waals surface area contributed by atoms with Crippen LogP contribution in [0.25, 0.3) is 5.52 Å². The Morgan fingerprint density at radius 2 is 2.45 bits per heavy atom. The fraction of sp³-hybridized carbons (Fsp3) is 0.167. The van der Waals surface area contributed by atoms with Gasteiger partial charge in [0.15, 0.2) is 0 Å². The van der Waals surface area contributed by atoms with Gasteiger partial charge in [-0.25, -0.2) is 0 Å². The van der Waals surface area contributed by atoms with Crippen molar-refractivity contribution in [2.24, 2.45) is 0 Å². The summed E-state index contributed by atoms with van der Waals surface area (Å²) in [6, 6.07) is 1.49. The lowest BCUT2D eigenvalue weighted by Crippen LogP contribution is -2.03. The SMILES string of the molecule is Cc1n[nH]n2ncc(=O)cc12. The molecule has 0 aliphatic rings. The molecule has 11 heavy (non-hydrogen) atoms. The monoisotopic (exact) mass is 150 g/mol. The van der Waals surface area contributed by atoms with Crippen molar-refractivity contribution in [2.45, 2.75) is 6.92 Å². The van der Waals surface area contributed by atoms with Gasteiger partial charge in [-0.2, -0.15) is 20.0 Å². The van der Waals surface area contributed by atoms with E-state index in [1.807, 2.05) is 6.92 Å². The van der Waals surface area contributed by atoms with Crippen LogP contribution < -0.4 is 5.43 Å². The number of aromatic nitrogens is 4. The summed E-state index contributed by atoms with van der Waals surface area (Å²) in [6.07, 6.45) is 1.24. The van der Waals surface area contributed by atoms with E-state index < -0.39 is 0 Å². The molecule has 2 aromatic rings. The second-order valence-electron chi connectivity index (χ2n) is 2.29. The minimum absolute atomic E-state index is 0.102. The molecule has 1 N–H and O–H groups in total. The maximum atomic E-state index is 10.8. The number of aromatic amines is 1. The fourth-order valence-electron chi connectivity index (χ4n) is 0.927. The minimum atomic E-state index is -0.102. The number of fused-ring (bicyclic) bond motifs is 1. The second-order valence-corrected chi connectivity index (χ2v) is 2.29. The van der Waals surface area contributed by atoms with E-state index in [1.54, 1.807) is 0 Å². The van der Waals surface area contributed by atoms with Crippen LogP contribution in [0.2, 0.25) is 0 Å². The van der Waals surface area contributed by atoms with Crippen LogP contribution in [-0.2, 0) is 0 Å². The van der Waals surface area contributed by atoms with Crippen LogP contribution in [0.5, 0.6) is 0 Å². The molecule has 5 heteroatoms. The summed E-state index contributed by atoms with van der Waals surface area (Å²) >= 11 is 0. The summed E-state index contributed by atoms with van der Waals surface area (Å²) < 4.78 is 1.46. The molecule has 2 aromatic heterocycles. The van der Waals surface area contributed by atoms with E-state index in [-0.39, 0.29) is 5.43 Å². The summed E-state index contributed by atoms with van der Waals surface area (Å²) in [4.78, 5) is 10.8. The van der Waals surface area contributed by atoms with Crippen LogP contribution in [0.15, 0.2) is 17.1 Å². The summed E-state index contributed by atoms with van der Waals surface area (Å²) in [5.41, 5.74) is 1.39. The molecule has 2 heterocycles. The first kappa shape index (κ1) is 6.09. The minimum Gasteiger partial charge on any atom is -0.288 e. The highest BCUT2D eigenvalue weighted by molar-refractivity contribution is 5.47. The molecular formula is C6H6N4O. The van der Waals surface area contributed by atoms with E-state index in [1.165, 1.54) is 16.9 Å². The van der Waals surface area contributed by atoms with Crippen molar-refractivity contribution in [3.05, 3.63) is 28.2 Å². The van der Waals surface area contributed by atoms with E-state index >= 15 is 0 Å². The van der Waals surface area contributed by atoms with E-state index in [0.29, 0.717) is 0 Å². The first-order chi connectivity index (χ1) is 5.27. The number of nitrogens with one attached hydrogen (secondary N) is 1. The normalized spacial score (nSPS) is 10.6. The smallest absolute Gasteiger partial charge is 0.200 e. The van der Waals surface area contributed by atoms with Crippen LogP contribution in [0, 0.1) is 6.92 Å². The van der Waals surface area contributed by atoms with Crippen molar-refractivity contribution in [3.63, 3.8) is 0 Å². The molecule has 0 fully saturated rings. The third-order valence-corrected chi connectivity index (χ3v) is 1.49. The van der Waals surface area contributed by atoms with Crippen molar-refractivity contribution < 1.29 is 0 Å². The Balaban J connectivity index is 2.98. The van der Waals surface area contributed by atoms with Gasteiger partial charge in [0.2, 0.25) is 5.43 Å². The standard InChI is InChI=1S/C6H6N4O/c1-4-6-2-5(11)3-7-10(6)9-8-4/h2-3,9H,1H3. The zero-order valence-electron chi connectivity index (χ0n) is 5.90. The van der Waals surface area contributed by atoms with Crippen LogP contribution in [0.3, 0.4) is 0 Å². The van der Waals surface area contributed by atoms with E-state index in [0.717, 1.165) is 11.2 Å². The average Bonchev–Trinajstić information content (AvgIpc) is 2.33. The highest BCUT2D eigenvalue weighted by atomic mass is 16.1. The molecule has 2 rings (SSSR count). The Labute approximate surface area is 61.6 Å². The molecule has 0 bridgehead atoms. The van der Waals surface area contributed by atoms with Crippen molar-refractivity contribution in [3.8, 4) is 0 Å². The number of rotatable bonds is 0. The Hall–Kier alpha value is -1.65. The molecule has 56 valence electrons. The van der Waals surface area contributed by atoms with Crippen LogP contribution in [0.4, 0.5) is 0 Å². The zero-order valence-corrected chi connectivity index (χ0v) is 5.90. The third-order valence-electron chi connectivity index (χ3n) is 1.49. The van der Waals surface area contributed by atoms with E-state index in [2.05, 4.69) is 15.4 Å². The molecule has 0 saturated heterocycles. The van der Waals surface area contributed by atoms with Crippen LogP contribution in [-0.4, -0.2) is 20.0 Å². The van der Waals surface area contributed by atoms with Crippen molar-refractivity contribution >= 4 is 5.52 Å². The Kier molecular flexibility index (Phi) is 1.06. The van der Waals surface area contributed by atoms with Crippen molar-refractivity contribution in [1.82, 2.24) is 20.0 Å². The largest absolute Gasteiger partial charge is 0.288 e. The highest BCUT2D eigenvalue weighted by Crippen LogP contribution is 1.98. The molecule has 0 aliphatic heterocycles. The van der Waals surface area contributed by atoms with Crippen LogP contribution >= 0.6 is 0 Å². The summed E-state index contributed by atoms with van der Waals surface area (Å²) in [6.45, 7) is 1.81. The van der Waals surface area contributed by atoms with Crippen LogP contribution in [0.1, 0.15) is 5.69 Å². The van der Waals surface area contributed by atoms with Gasteiger partial charge < -0.3 is 0 Å². The average molecular weight is 150 g/mol. The molecule has 0 amide bonds. The van der Waals surface area contributed by atoms with Gasteiger partial charge in [-0.05, 0) is 6.92 Å². The van der Waals surface area contributed by atoms with Gasteiger partial charge in [0.25, 0.3) is 0 Å². The predicted octanol–water partition coefficient (Wildman–Crippen LogP) is -0.274. The van der Waals surface area contributed by atoms with Gasteiger partial charge in [0.1, 0.15) is 5.52 Å². The third kappa shape index (κ3) is 0.813. The molecular weight excluding hydrogens is 144 g/mol. The molecule has 0 aliphatic carbocycles. The maximum absolute atomic E-state index is 10.8. The van der Waals surface area contributed by atoms with Gasteiger partial charge in [-0.15, -0.1) is 0 Å². The molecule has 0 atom stereocenters. The zero-order chi connectivity index (χ0) is 7.84. The van der Waals surface area contributed by atoms with Crippen molar-refractivity contribution in [1.29, 1.82) is 0 Å². The number of nitrogens with zero attached hydrogens (tertiary/aromatic N) is 3. The Bertz CT molecular complexity index is 441. The van der Waals surface area contributed by atoms with E-state index in [9.17, 15) is 4.79 Å². The van der Waals surface area contributed by atoms with Gasteiger partial charge in [-0.1, -0.05) is 0 Å². The van der Waals surface area contributed by atoms with Gasteiger partial charge in [0.05, 0.1) is 11.9 Å². The van der Waals surface area contributed by atoms with Gasteiger partial charge >= 0.3 is 0 Å². The fourth-order valence-corrected chi connectivity index (χ4v) is 0.927. The van der Waals surface area contributed by atoms with Gasteiger partial charge in [-0.3, -0.25) is 4.79 Å². The maximum Gasteiger partial charge on any atom is 0.200 e. The van der Waals surface area contributed by atoms with Crippen molar-refractivity contribution in [2.75, 3.05) is 0 Å². The number of hydrogen-bond acceptors (Lipinski definition) is 3. The molecule has 5 nitrogen and oxygen atoms in total. The number of hydrogen-bond donors (Lipinski definition) is 1. The topological polar surface area (TPSA) is 63.1 Å². The number of aryl methyl sites for hydroxylation is 1. The lowest BCUT2D eigenvalue weighted by atomic mass is 10.4. The summed E-state index contributed by atoms with van der Waals surface area (Å²) in [5, 5.41) is 10.3. The molecule has 0 saturated carbocycles. The van der Waals surface area contributed by atoms with E-state index in [4.69, 9.17) is 0 Å². The Morgan fingerprint density at radius 3 is 3.27 bits per heavy atom. The lowest BCUT2D eigenvalue weighted by Gasteiger charge is -1.86. The quantitative estimate of drug-likeness (QED) is 0.562. The number of H-pyrrole nitrogens is 1. The summed E-state index contributed by atoms with van der Waals surface area (Å²) in [5.74, 6) is 0. The lowest BCUT2D eigenvalue weighted by molar-refractivity contribution is 0.739. The molecule has 0 aromatic carbocycles. The Morgan fingerprint density at radius 1 is 1.64 bits per heavy atom. The van der Waals surface area contributed by atoms with Gasteiger partial charge in [0, 0.05) is 6.07 Å². The first-order valence-corrected chi connectivity index (χ1v) is 3.17. The summed E-state index contributed by atoms with van der Waals surface area (Å²) in [7, 11) is 0.